The Bertz CT molecular complexity index is 1270. The summed E-state index contributed by atoms with van der Waals surface area (Å²) in [4.78, 5) is 0. The van der Waals surface area contributed by atoms with E-state index in [4.69, 9.17) is 0 Å². The fourth-order valence-electron chi connectivity index (χ4n) is 3.05. The Labute approximate surface area is 237 Å². The molecule has 0 saturated heterocycles. The molecular weight excluding hydrogens is 550 g/mol. The van der Waals surface area contributed by atoms with Crippen LogP contribution in [0.4, 0.5) is 26.3 Å². The quantitative estimate of drug-likeness (QED) is 0.113. The molecule has 196 valence electrons. The SMILES string of the molecule is Fc1[c-]c(F)c(-n2cccc2)c(F)c1.Fc1[c-]c(F)c(-n2cccc2)c(F)c1.[Ti+4].c1cc[cH-]c1.c1cc[cH-]c1. The van der Waals surface area contributed by atoms with Gasteiger partial charge >= 0.3 is 21.7 Å². The van der Waals surface area contributed by atoms with Crippen LogP contribution in [0.3, 0.4) is 0 Å². The van der Waals surface area contributed by atoms with Gasteiger partial charge in [0.05, 0.1) is 0 Å². The minimum atomic E-state index is -1.05. The van der Waals surface area contributed by atoms with Gasteiger partial charge in [-0.3, -0.25) is 0 Å². The second kappa shape index (κ2) is 16.1. The van der Waals surface area contributed by atoms with Crippen LogP contribution in [0.15, 0.2) is 122 Å². The first-order valence-electron chi connectivity index (χ1n) is 11.1. The van der Waals surface area contributed by atoms with Gasteiger partial charge in [0.2, 0.25) is 0 Å². The van der Waals surface area contributed by atoms with Crippen LogP contribution in [0.2, 0.25) is 0 Å². The number of benzene rings is 2. The number of nitrogens with zero attached hydrogens (tertiary/aromatic N) is 2. The molecule has 0 atom stereocenters. The summed E-state index contributed by atoms with van der Waals surface area (Å²) in [6, 6.07) is 31.2. The van der Waals surface area contributed by atoms with E-state index in [0.29, 0.717) is 12.1 Å². The number of hydrogen-bond acceptors (Lipinski definition) is 0. The van der Waals surface area contributed by atoms with Gasteiger partial charge in [0.15, 0.2) is 0 Å². The molecule has 9 heteroatoms. The normalized spacial score (nSPS) is 9.59. The van der Waals surface area contributed by atoms with E-state index >= 15 is 0 Å². The van der Waals surface area contributed by atoms with Gasteiger partial charge in [-0.1, -0.05) is 12.1 Å². The average Bonchev–Trinajstić information content (AvgIpc) is 3.69. The first kappa shape index (κ1) is 31.2. The standard InChI is InChI=1S/2C10H5F3N.2C5H5.Ti/c2*11-7-5-8(12)10(9(13)6-7)14-3-1-2-4-14;2*1-2-4-5-3-1;/h2*1-5H;2*1-5H;/q4*-1;+4. The molecule has 0 bridgehead atoms. The molecule has 4 aromatic carbocycles. The fraction of sp³-hybridized carbons (Fsp3) is 0. The van der Waals surface area contributed by atoms with Crippen LogP contribution in [0.25, 0.3) is 11.4 Å². The van der Waals surface area contributed by atoms with E-state index in [1.165, 1.54) is 33.9 Å². The third-order valence-corrected chi connectivity index (χ3v) is 4.67. The summed E-state index contributed by atoms with van der Waals surface area (Å²) in [5.74, 6) is -6.07. The maximum absolute atomic E-state index is 13.2. The molecular formula is C30H20F6N2Ti. The predicted octanol–water partition coefficient (Wildman–Crippen LogP) is 8.20. The Morgan fingerprint density at radius 2 is 0.795 bits per heavy atom. The molecule has 2 aromatic heterocycles. The molecule has 0 unspecified atom stereocenters. The zero-order valence-electron chi connectivity index (χ0n) is 20.2. The summed E-state index contributed by atoms with van der Waals surface area (Å²) in [6.07, 6.45) is 5.86. The van der Waals surface area contributed by atoms with E-state index < -0.39 is 34.9 Å². The Balaban J connectivity index is 0.000000199. The molecule has 0 saturated carbocycles. The van der Waals surface area contributed by atoms with Gasteiger partial charge in [0, 0.05) is 46.3 Å². The van der Waals surface area contributed by atoms with Crippen LogP contribution < -0.4 is 0 Å². The Hall–Kier alpha value is -4.01. The molecule has 2 heterocycles. The summed E-state index contributed by atoms with van der Waals surface area (Å²) in [5, 5.41) is 0. The van der Waals surface area contributed by atoms with Crippen molar-refractivity contribution in [3.8, 4) is 11.4 Å². The zero-order chi connectivity index (χ0) is 27.3. The van der Waals surface area contributed by atoms with Crippen molar-refractivity contribution < 1.29 is 48.1 Å². The second-order valence-electron chi connectivity index (χ2n) is 7.36. The van der Waals surface area contributed by atoms with Crippen LogP contribution in [-0.2, 0) is 21.7 Å². The van der Waals surface area contributed by atoms with Crippen molar-refractivity contribution in [1.82, 2.24) is 9.13 Å². The number of aromatic nitrogens is 2. The summed E-state index contributed by atoms with van der Waals surface area (Å²) >= 11 is 0. The Morgan fingerprint density at radius 1 is 0.487 bits per heavy atom. The first-order valence-corrected chi connectivity index (χ1v) is 11.1. The molecule has 0 aliphatic heterocycles. The Morgan fingerprint density at radius 3 is 1.03 bits per heavy atom. The first-order chi connectivity index (χ1) is 18.4. The molecule has 0 N–H and O–H groups in total. The van der Waals surface area contributed by atoms with E-state index in [2.05, 4.69) is 0 Å². The van der Waals surface area contributed by atoms with Gasteiger partial charge < -0.3 is 9.13 Å². The van der Waals surface area contributed by atoms with Crippen molar-refractivity contribution >= 4 is 0 Å². The van der Waals surface area contributed by atoms with Crippen molar-refractivity contribution in [3.63, 3.8) is 0 Å². The number of rotatable bonds is 2. The summed E-state index contributed by atoms with van der Waals surface area (Å²) in [5.41, 5.74) is -0.646. The minimum absolute atomic E-state index is 0. The topological polar surface area (TPSA) is 9.86 Å². The molecule has 6 rings (SSSR count). The third-order valence-electron chi connectivity index (χ3n) is 4.67. The van der Waals surface area contributed by atoms with E-state index in [1.807, 2.05) is 60.7 Å². The number of hydrogen-bond donors (Lipinski definition) is 0. The van der Waals surface area contributed by atoms with Gasteiger partial charge in [0.1, 0.15) is 0 Å². The van der Waals surface area contributed by atoms with Crippen LogP contribution >= 0.6 is 0 Å². The molecule has 0 fully saturated rings. The second-order valence-corrected chi connectivity index (χ2v) is 7.36. The summed E-state index contributed by atoms with van der Waals surface area (Å²) < 4.78 is 80.0. The van der Waals surface area contributed by atoms with E-state index in [1.54, 1.807) is 36.4 Å². The molecule has 6 aromatic rings. The van der Waals surface area contributed by atoms with Gasteiger partial charge in [-0.15, -0.1) is 12.1 Å². The monoisotopic (exact) mass is 570 g/mol. The van der Waals surface area contributed by atoms with Gasteiger partial charge in [-0.05, 0) is 49.1 Å². The van der Waals surface area contributed by atoms with Crippen molar-refractivity contribution in [2.24, 2.45) is 0 Å². The van der Waals surface area contributed by atoms with Gasteiger partial charge in [0.25, 0.3) is 0 Å². The third kappa shape index (κ3) is 9.67. The molecule has 0 spiro atoms. The maximum atomic E-state index is 13.2. The van der Waals surface area contributed by atoms with Crippen LogP contribution in [-0.4, -0.2) is 9.13 Å². The van der Waals surface area contributed by atoms with Gasteiger partial charge in [-0.25, -0.2) is 50.6 Å². The predicted molar refractivity (Wildman–Crippen MR) is 133 cm³/mol. The molecule has 2 nitrogen and oxygen atoms in total. The van der Waals surface area contributed by atoms with Crippen LogP contribution in [0.5, 0.6) is 0 Å². The van der Waals surface area contributed by atoms with E-state index in [0.717, 1.165) is 0 Å². The summed E-state index contributed by atoms with van der Waals surface area (Å²) in [7, 11) is 0. The smallest absolute Gasteiger partial charge is 0.372 e. The van der Waals surface area contributed by atoms with Crippen molar-refractivity contribution in [3.05, 3.63) is 169 Å². The van der Waals surface area contributed by atoms with E-state index in [-0.39, 0.29) is 33.1 Å². The van der Waals surface area contributed by atoms with Crippen molar-refractivity contribution in [1.29, 1.82) is 0 Å². The summed E-state index contributed by atoms with van der Waals surface area (Å²) in [6.45, 7) is 0. The zero-order valence-corrected chi connectivity index (χ0v) is 21.8. The molecule has 0 amide bonds. The van der Waals surface area contributed by atoms with E-state index in [9.17, 15) is 26.3 Å². The molecule has 39 heavy (non-hydrogen) atoms. The van der Waals surface area contributed by atoms with Crippen molar-refractivity contribution in [2.45, 2.75) is 0 Å². The van der Waals surface area contributed by atoms with Gasteiger partial charge in [-0.2, -0.15) is 36.4 Å². The molecule has 0 aliphatic rings. The largest absolute Gasteiger partial charge is 4.00 e. The molecule has 0 radical (unpaired) electrons. The van der Waals surface area contributed by atoms with Crippen molar-refractivity contribution in [2.75, 3.05) is 0 Å². The molecule has 0 aliphatic carbocycles. The minimum Gasteiger partial charge on any atom is -0.372 e. The maximum Gasteiger partial charge on any atom is 4.00 e. The average molecular weight is 570 g/mol. The number of halogens is 6. The van der Waals surface area contributed by atoms with Crippen LogP contribution in [0.1, 0.15) is 0 Å². The van der Waals surface area contributed by atoms with Crippen LogP contribution in [0, 0.1) is 47.0 Å². The fourth-order valence-corrected chi connectivity index (χ4v) is 3.05. The Kier molecular flexibility index (Phi) is 12.9.